The number of aliphatic hydroxyl groups is 1. The molecule has 0 heterocycles. The highest BCUT2D eigenvalue weighted by molar-refractivity contribution is 5.95. The third-order valence-electron chi connectivity index (χ3n) is 10.2. The second-order valence-electron chi connectivity index (χ2n) is 14.6. The molecule has 0 aliphatic carbocycles. The van der Waals surface area contributed by atoms with Crippen LogP contribution in [0.1, 0.15) is 104 Å². The fourth-order valence-corrected chi connectivity index (χ4v) is 5.50. The molecule has 0 saturated carbocycles. The smallest absolute Gasteiger partial charge is 0.337 e. The van der Waals surface area contributed by atoms with Gasteiger partial charge in [-0.25, -0.2) is 4.79 Å². The SMILES string of the molecule is CC(C)(C)C(C)(C)C(C(=O)O)C(O)(C(=O)O)C(C(=O)O)(C(C)(C)C(C)(C)C)C(C)(C)C(C)(C)C. The molecule has 0 spiro atoms. The van der Waals surface area contributed by atoms with Gasteiger partial charge in [0.15, 0.2) is 5.60 Å². The Labute approximate surface area is 206 Å². The number of aliphatic carboxylic acids is 3. The molecule has 0 rings (SSSR count). The number of hydrogen-bond donors (Lipinski definition) is 4. The number of carboxylic acid groups (broad SMARTS) is 3. The Morgan fingerprint density at radius 1 is 0.529 bits per heavy atom. The van der Waals surface area contributed by atoms with E-state index in [0.29, 0.717) is 0 Å². The average Bonchev–Trinajstić information content (AvgIpc) is 2.49. The number of carboxylic acids is 3. The van der Waals surface area contributed by atoms with E-state index in [1.807, 2.05) is 0 Å². The van der Waals surface area contributed by atoms with Crippen molar-refractivity contribution >= 4 is 17.9 Å². The predicted molar refractivity (Wildman–Crippen MR) is 133 cm³/mol. The summed E-state index contributed by atoms with van der Waals surface area (Å²) >= 11 is 0. The van der Waals surface area contributed by atoms with Gasteiger partial charge in [0.1, 0.15) is 11.3 Å². The molecule has 0 radical (unpaired) electrons. The van der Waals surface area contributed by atoms with Gasteiger partial charge in [-0.3, -0.25) is 9.59 Å². The van der Waals surface area contributed by atoms with Gasteiger partial charge in [-0.1, -0.05) is 104 Å². The van der Waals surface area contributed by atoms with E-state index < -0.39 is 67.3 Å². The molecule has 2 unspecified atom stereocenters. The molecule has 0 aromatic rings. The van der Waals surface area contributed by atoms with Gasteiger partial charge in [0.25, 0.3) is 0 Å². The zero-order valence-corrected chi connectivity index (χ0v) is 24.1. The van der Waals surface area contributed by atoms with Gasteiger partial charge in [0.05, 0.1) is 0 Å². The van der Waals surface area contributed by atoms with Crippen molar-refractivity contribution in [3.05, 3.63) is 0 Å². The minimum atomic E-state index is -3.19. The Balaban J connectivity index is 8.61. The number of hydrogen-bond acceptors (Lipinski definition) is 4. The van der Waals surface area contributed by atoms with Gasteiger partial charge in [-0.2, -0.15) is 0 Å². The Morgan fingerprint density at radius 2 is 0.824 bits per heavy atom. The molecule has 0 saturated heterocycles. The molecule has 200 valence electrons. The van der Waals surface area contributed by atoms with E-state index in [4.69, 9.17) is 0 Å². The van der Waals surface area contributed by atoms with E-state index in [0.717, 1.165) is 0 Å². The summed E-state index contributed by atoms with van der Waals surface area (Å²) in [4.78, 5) is 39.9. The molecule has 7 nitrogen and oxygen atoms in total. The van der Waals surface area contributed by atoms with Crippen LogP contribution in [0, 0.1) is 43.8 Å². The minimum absolute atomic E-state index is 0.790. The molecule has 0 aliphatic heterocycles. The molecule has 0 aromatic heterocycles. The Kier molecular flexibility index (Phi) is 8.09. The highest BCUT2D eigenvalue weighted by Crippen LogP contribution is 2.71. The van der Waals surface area contributed by atoms with Crippen LogP contribution in [-0.2, 0) is 14.4 Å². The monoisotopic (exact) mass is 486 g/mol. The van der Waals surface area contributed by atoms with E-state index in [1.165, 1.54) is 0 Å². The van der Waals surface area contributed by atoms with Crippen molar-refractivity contribution < 1.29 is 34.8 Å². The Morgan fingerprint density at radius 3 is 0.971 bits per heavy atom. The van der Waals surface area contributed by atoms with Gasteiger partial charge in [0, 0.05) is 0 Å². The van der Waals surface area contributed by atoms with Crippen LogP contribution in [-0.4, -0.2) is 43.9 Å². The van der Waals surface area contributed by atoms with Gasteiger partial charge in [-0.05, 0) is 32.5 Å². The van der Waals surface area contributed by atoms with Gasteiger partial charge < -0.3 is 20.4 Å². The van der Waals surface area contributed by atoms with Crippen molar-refractivity contribution in [2.75, 3.05) is 0 Å². The standard InChI is InChI=1S/C27H50O7/c1-20(2,3)23(10,11)16(17(28)29)26(34,18(30)31)27(19(32)33,24(12,13)21(4,5)6)25(14,15)22(7,8)9/h16,34H,1-15H3,(H,28,29)(H,30,31)(H,32,33). The third kappa shape index (κ3) is 4.06. The zero-order valence-electron chi connectivity index (χ0n) is 24.1. The summed E-state index contributed by atoms with van der Waals surface area (Å²) < 4.78 is 0. The summed E-state index contributed by atoms with van der Waals surface area (Å²) in [6, 6.07) is 0. The Hall–Kier alpha value is -1.63. The quantitative estimate of drug-likeness (QED) is 0.341. The van der Waals surface area contributed by atoms with Crippen LogP contribution in [0.5, 0.6) is 0 Å². The van der Waals surface area contributed by atoms with Crippen LogP contribution in [0.3, 0.4) is 0 Å². The van der Waals surface area contributed by atoms with Gasteiger partial charge in [-0.15, -0.1) is 0 Å². The van der Waals surface area contributed by atoms with Crippen LogP contribution in [0.25, 0.3) is 0 Å². The van der Waals surface area contributed by atoms with Crippen LogP contribution in [0.2, 0.25) is 0 Å². The molecule has 0 amide bonds. The molecule has 0 fully saturated rings. The molecule has 34 heavy (non-hydrogen) atoms. The van der Waals surface area contributed by atoms with Crippen LogP contribution in [0.4, 0.5) is 0 Å². The number of carbonyl (C=O) groups is 3. The van der Waals surface area contributed by atoms with Crippen LogP contribution in [0.15, 0.2) is 0 Å². The lowest BCUT2D eigenvalue weighted by molar-refractivity contribution is -0.283. The second-order valence-corrected chi connectivity index (χ2v) is 14.6. The van der Waals surface area contributed by atoms with Gasteiger partial charge in [0.2, 0.25) is 0 Å². The maximum Gasteiger partial charge on any atom is 0.337 e. The van der Waals surface area contributed by atoms with Crippen molar-refractivity contribution in [1.29, 1.82) is 0 Å². The molecular weight excluding hydrogens is 436 g/mol. The van der Waals surface area contributed by atoms with E-state index in [1.54, 1.807) is 104 Å². The number of rotatable bonds is 8. The average molecular weight is 487 g/mol. The summed E-state index contributed by atoms with van der Waals surface area (Å²) in [7, 11) is 0. The van der Waals surface area contributed by atoms with Crippen LogP contribution < -0.4 is 0 Å². The molecule has 0 aromatic carbocycles. The first-order chi connectivity index (χ1) is 14.5. The molecule has 4 N–H and O–H groups in total. The van der Waals surface area contributed by atoms with Crippen molar-refractivity contribution in [2.24, 2.45) is 43.8 Å². The van der Waals surface area contributed by atoms with E-state index in [9.17, 15) is 34.8 Å². The molecule has 0 bridgehead atoms. The topological polar surface area (TPSA) is 132 Å². The zero-order chi connectivity index (χ0) is 28.3. The first-order valence-electron chi connectivity index (χ1n) is 11.9. The molecular formula is C27H50O7. The van der Waals surface area contributed by atoms with E-state index in [-0.39, 0.29) is 0 Å². The predicted octanol–water partition coefficient (Wildman–Crippen LogP) is 5.79. The third-order valence-corrected chi connectivity index (χ3v) is 10.2. The van der Waals surface area contributed by atoms with Crippen molar-refractivity contribution in [3.8, 4) is 0 Å². The Bertz CT molecular complexity index is 787. The first kappa shape index (κ1) is 32.4. The summed E-state index contributed by atoms with van der Waals surface area (Å²) in [5.74, 6) is -6.88. The lowest BCUT2D eigenvalue weighted by Gasteiger charge is -2.67. The van der Waals surface area contributed by atoms with E-state index >= 15 is 0 Å². The maximum atomic E-state index is 13.6. The summed E-state index contributed by atoms with van der Waals surface area (Å²) in [6.45, 7) is 25.7. The largest absolute Gasteiger partial charge is 0.481 e. The summed E-state index contributed by atoms with van der Waals surface area (Å²) in [5.41, 5.74) is -12.2. The van der Waals surface area contributed by atoms with Gasteiger partial charge >= 0.3 is 17.9 Å². The van der Waals surface area contributed by atoms with Crippen LogP contribution >= 0.6 is 0 Å². The highest BCUT2D eigenvalue weighted by Gasteiger charge is 2.81. The highest BCUT2D eigenvalue weighted by atomic mass is 16.4. The maximum absolute atomic E-state index is 13.6. The fraction of sp³-hybridized carbons (Fsp3) is 0.889. The summed E-state index contributed by atoms with van der Waals surface area (Å²) in [6.07, 6.45) is 0. The second kappa shape index (κ2) is 8.49. The molecule has 7 heteroatoms. The minimum Gasteiger partial charge on any atom is -0.481 e. The molecule has 0 aliphatic rings. The normalized spacial score (nSPS) is 17.6. The first-order valence-corrected chi connectivity index (χ1v) is 11.9. The van der Waals surface area contributed by atoms with E-state index in [2.05, 4.69) is 0 Å². The summed E-state index contributed by atoms with van der Waals surface area (Å²) in [5, 5.41) is 44.9. The lowest BCUT2D eigenvalue weighted by atomic mass is 9.34. The molecule has 2 atom stereocenters. The van der Waals surface area contributed by atoms with Crippen molar-refractivity contribution in [1.82, 2.24) is 0 Å². The lowest BCUT2D eigenvalue weighted by Crippen LogP contribution is -2.78. The fourth-order valence-electron chi connectivity index (χ4n) is 5.50. The van der Waals surface area contributed by atoms with Crippen molar-refractivity contribution in [3.63, 3.8) is 0 Å². The van der Waals surface area contributed by atoms with Crippen molar-refractivity contribution in [2.45, 2.75) is 109 Å².